The molecule has 0 aromatic heterocycles. The van der Waals surface area contributed by atoms with Crippen LogP contribution in [0.3, 0.4) is 0 Å². The van der Waals surface area contributed by atoms with Crippen molar-refractivity contribution < 1.29 is 9.90 Å². The maximum Gasteiger partial charge on any atom is 0.311 e. The molecule has 0 spiro atoms. The molecule has 1 unspecified atom stereocenters. The number of carboxylic acids is 1. The van der Waals surface area contributed by atoms with Crippen LogP contribution in [0.2, 0.25) is 5.02 Å². The number of likely N-dealkylation sites (tertiary alicyclic amines) is 1. The van der Waals surface area contributed by atoms with Gasteiger partial charge < -0.3 is 5.11 Å². The summed E-state index contributed by atoms with van der Waals surface area (Å²) in [4.78, 5) is 14.2. The van der Waals surface area contributed by atoms with Crippen LogP contribution in [0.15, 0.2) is 18.2 Å². The summed E-state index contributed by atoms with van der Waals surface area (Å²) in [6, 6.07) is 6.50. The first-order chi connectivity index (χ1) is 10.1. The molecule has 0 radical (unpaired) electrons. The molecule has 1 aromatic rings. The molecule has 1 aromatic carbocycles. The Kier molecular flexibility index (Phi) is 3.05. The lowest BCUT2D eigenvalue weighted by molar-refractivity contribution is -0.149. The Bertz CT molecular complexity index is 602. The van der Waals surface area contributed by atoms with Gasteiger partial charge in [0.2, 0.25) is 0 Å². The second kappa shape index (κ2) is 4.72. The molecule has 3 aliphatic rings. The molecular formula is C17H20ClNO2. The average Bonchev–Trinajstić information content (AvgIpc) is 3.09. The second-order valence-electron chi connectivity index (χ2n) is 6.84. The fraction of sp³-hybridized carbons (Fsp3) is 0.588. The number of fused-ring (bicyclic) bond motifs is 2. The van der Waals surface area contributed by atoms with E-state index in [-0.39, 0.29) is 0 Å². The molecule has 1 aliphatic heterocycles. The summed E-state index contributed by atoms with van der Waals surface area (Å²) in [7, 11) is 0. The van der Waals surface area contributed by atoms with E-state index in [1.165, 1.54) is 11.1 Å². The van der Waals surface area contributed by atoms with Crippen molar-refractivity contribution in [2.75, 3.05) is 13.1 Å². The normalized spacial score (nSPS) is 34.9. The number of hydrogen-bond acceptors (Lipinski definition) is 2. The molecule has 3 atom stereocenters. The van der Waals surface area contributed by atoms with E-state index in [2.05, 4.69) is 11.0 Å². The van der Waals surface area contributed by atoms with Gasteiger partial charge in [-0.25, -0.2) is 0 Å². The number of carbonyl (C=O) groups is 1. The SMILES string of the molecule is O=C(O)[C@@]12CCC[C@H]1CN(C1CCc3c(Cl)cccc31)C2. The predicted molar refractivity (Wildman–Crippen MR) is 81.5 cm³/mol. The predicted octanol–water partition coefficient (Wildman–Crippen LogP) is 3.51. The fourth-order valence-electron chi connectivity index (χ4n) is 4.88. The molecule has 2 fully saturated rings. The molecule has 2 aliphatic carbocycles. The Labute approximate surface area is 129 Å². The van der Waals surface area contributed by atoms with Gasteiger partial charge in [-0.3, -0.25) is 9.69 Å². The van der Waals surface area contributed by atoms with Crippen molar-refractivity contribution in [2.24, 2.45) is 11.3 Å². The molecule has 1 saturated carbocycles. The molecule has 112 valence electrons. The first-order valence-electron chi connectivity index (χ1n) is 7.86. The Balaban J connectivity index is 1.64. The fourth-order valence-corrected chi connectivity index (χ4v) is 5.16. The number of aliphatic carboxylic acids is 1. The summed E-state index contributed by atoms with van der Waals surface area (Å²) in [5, 5.41) is 10.6. The van der Waals surface area contributed by atoms with Gasteiger partial charge in [0, 0.05) is 24.2 Å². The van der Waals surface area contributed by atoms with Crippen LogP contribution in [0.5, 0.6) is 0 Å². The zero-order valence-corrected chi connectivity index (χ0v) is 12.8. The lowest BCUT2D eigenvalue weighted by atomic mass is 9.81. The standard InChI is InChI=1S/C17H20ClNO2/c18-14-5-1-4-13-12(14)6-7-15(13)19-9-11-3-2-8-17(11,10-19)16(20)21/h1,4-5,11,15H,2-3,6-10H2,(H,20,21)/t11-,15?,17+/m0/s1. The van der Waals surface area contributed by atoms with E-state index in [0.29, 0.717) is 18.5 Å². The molecular weight excluding hydrogens is 286 g/mol. The van der Waals surface area contributed by atoms with Crippen molar-refractivity contribution in [3.8, 4) is 0 Å². The summed E-state index contributed by atoms with van der Waals surface area (Å²) >= 11 is 6.30. The van der Waals surface area contributed by atoms with E-state index in [1.807, 2.05) is 12.1 Å². The lowest BCUT2D eigenvalue weighted by Crippen LogP contribution is -2.36. The van der Waals surface area contributed by atoms with E-state index in [0.717, 1.165) is 43.7 Å². The smallest absolute Gasteiger partial charge is 0.311 e. The summed E-state index contributed by atoms with van der Waals surface area (Å²) < 4.78 is 0. The molecule has 1 saturated heterocycles. The van der Waals surface area contributed by atoms with Gasteiger partial charge in [-0.05, 0) is 48.8 Å². The third kappa shape index (κ3) is 1.87. The van der Waals surface area contributed by atoms with E-state index < -0.39 is 11.4 Å². The molecule has 4 rings (SSSR count). The van der Waals surface area contributed by atoms with E-state index in [4.69, 9.17) is 11.6 Å². The largest absolute Gasteiger partial charge is 0.481 e. The van der Waals surface area contributed by atoms with Crippen LogP contribution in [-0.2, 0) is 11.2 Å². The van der Waals surface area contributed by atoms with Gasteiger partial charge >= 0.3 is 5.97 Å². The van der Waals surface area contributed by atoms with E-state index >= 15 is 0 Å². The number of hydrogen-bond donors (Lipinski definition) is 1. The molecule has 0 bridgehead atoms. The van der Waals surface area contributed by atoms with Crippen LogP contribution in [0.4, 0.5) is 0 Å². The highest BCUT2D eigenvalue weighted by atomic mass is 35.5. The zero-order valence-electron chi connectivity index (χ0n) is 12.0. The van der Waals surface area contributed by atoms with Crippen LogP contribution in [0.1, 0.15) is 42.9 Å². The first-order valence-corrected chi connectivity index (χ1v) is 8.24. The maximum atomic E-state index is 11.8. The number of carboxylic acid groups (broad SMARTS) is 1. The van der Waals surface area contributed by atoms with Gasteiger partial charge in [0.1, 0.15) is 0 Å². The topological polar surface area (TPSA) is 40.5 Å². The minimum Gasteiger partial charge on any atom is -0.481 e. The Morgan fingerprint density at radius 3 is 3.00 bits per heavy atom. The van der Waals surface area contributed by atoms with Crippen LogP contribution in [-0.4, -0.2) is 29.1 Å². The van der Waals surface area contributed by atoms with Gasteiger partial charge in [-0.15, -0.1) is 0 Å². The summed E-state index contributed by atoms with van der Waals surface area (Å²) in [6.45, 7) is 1.65. The highest BCUT2D eigenvalue weighted by molar-refractivity contribution is 6.31. The minimum absolute atomic E-state index is 0.332. The lowest BCUT2D eigenvalue weighted by Gasteiger charge is -2.27. The Hall–Kier alpha value is -1.06. The number of nitrogens with zero attached hydrogens (tertiary/aromatic N) is 1. The number of benzene rings is 1. The summed E-state index contributed by atoms with van der Waals surface area (Å²) in [5.74, 6) is -0.255. The Morgan fingerprint density at radius 2 is 2.24 bits per heavy atom. The van der Waals surface area contributed by atoms with Gasteiger partial charge in [-0.1, -0.05) is 30.2 Å². The maximum absolute atomic E-state index is 11.8. The average molecular weight is 306 g/mol. The van der Waals surface area contributed by atoms with Gasteiger partial charge in [0.15, 0.2) is 0 Å². The van der Waals surface area contributed by atoms with Gasteiger partial charge in [-0.2, -0.15) is 0 Å². The van der Waals surface area contributed by atoms with Crippen LogP contribution >= 0.6 is 11.6 Å². The second-order valence-corrected chi connectivity index (χ2v) is 7.25. The summed E-state index contributed by atoms with van der Waals surface area (Å²) in [6.07, 6.45) is 5.07. The monoisotopic (exact) mass is 305 g/mol. The van der Waals surface area contributed by atoms with Crippen molar-refractivity contribution >= 4 is 17.6 Å². The quantitative estimate of drug-likeness (QED) is 0.909. The minimum atomic E-state index is -0.586. The van der Waals surface area contributed by atoms with Crippen LogP contribution < -0.4 is 0 Å². The van der Waals surface area contributed by atoms with Crippen molar-refractivity contribution in [2.45, 2.75) is 38.1 Å². The third-order valence-electron chi connectivity index (χ3n) is 5.95. The number of halogens is 1. The molecule has 4 heteroatoms. The zero-order chi connectivity index (χ0) is 14.6. The molecule has 3 nitrogen and oxygen atoms in total. The van der Waals surface area contributed by atoms with E-state index in [1.54, 1.807) is 0 Å². The molecule has 1 heterocycles. The third-order valence-corrected chi connectivity index (χ3v) is 6.30. The summed E-state index contributed by atoms with van der Waals surface area (Å²) in [5.41, 5.74) is 2.11. The Morgan fingerprint density at radius 1 is 1.38 bits per heavy atom. The van der Waals surface area contributed by atoms with E-state index in [9.17, 15) is 9.90 Å². The van der Waals surface area contributed by atoms with Gasteiger partial charge in [0.05, 0.1) is 5.41 Å². The highest BCUT2D eigenvalue weighted by Gasteiger charge is 2.56. The van der Waals surface area contributed by atoms with Crippen LogP contribution in [0.25, 0.3) is 0 Å². The highest BCUT2D eigenvalue weighted by Crippen LogP contribution is 2.52. The van der Waals surface area contributed by atoms with Crippen molar-refractivity contribution in [1.82, 2.24) is 4.90 Å². The van der Waals surface area contributed by atoms with Crippen LogP contribution in [0, 0.1) is 11.3 Å². The van der Waals surface area contributed by atoms with Crippen molar-refractivity contribution in [3.63, 3.8) is 0 Å². The number of rotatable bonds is 2. The van der Waals surface area contributed by atoms with Gasteiger partial charge in [0.25, 0.3) is 0 Å². The first kappa shape index (κ1) is 13.6. The molecule has 21 heavy (non-hydrogen) atoms. The molecule has 1 N–H and O–H groups in total. The van der Waals surface area contributed by atoms with Crippen molar-refractivity contribution in [1.29, 1.82) is 0 Å². The molecule has 0 amide bonds. The van der Waals surface area contributed by atoms with Crippen molar-refractivity contribution in [3.05, 3.63) is 34.3 Å².